The van der Waals surface area contributed by atoms with Crippen molar-refractivity contribution in [1.29, 1.82) is 0 Å². The maximum Gasteiger partial charge on any atom is -0.0181 e. The summed E-state index contributed by atoms with van der Waals surface area (Å²) in [6, 6.07) is 13.6. The molecule has 0 unspecified atom stereocenters. The Morgan fingerprint density at radius 3 is 1.29 bits per heavy atom. The summed E-state index contributed by atoms with van der Waals surface area (Å²) in [5.41, 5.74) is 2.84. The zero-order valence-electron chi connectivity index (χ0n) is 10.6. The lowest BCUT2D eigenvalue weighted by Gasteiger charge is -2.10. The molecule has 0 aromatic heterocycles. The highest BCUT2D eigenvalue weighted by atomic mass is 14.1. The minimum atomic E-state index is 0. The molecule has 2 rings (SSSR count). The van der Waals surface area contributed by atoms with E-state index in [1.807, 2.05) is 0 Å². The predicted octanol–water partition coefficient (Wildman–Crippen LogP) is 5.72. The zero-order valence-corrected chi connectivity index (χ0v) is 10.6. The fourth-order valence-electron chi connectivity index (χ4n) is 2.00. The van der Waals surface area contributed by atoms with Crippen molar-refractivity contribution in [2.45, 2.75) is 47.0 Å². The van der Waals surface area contributed by atoms with Gasteiger partial charge in [-0.25, -0.2) is 0 Å². The van der Waals surface area contributed by atoms with E-state index < -0.39 is 0 Å². The van der Waals surface area contributed by atoms with Crippen LogP contribution in [-0.2, 0) is 0 Å². The summed E-state index contributed by atoms with van der Waals surface area (Å²) in [5, 5.41) is 2.71. The van der Waals surface area contributed by atoms with Crippen LogP contribution in [0.3, 0.4) is 0 Å². The lowest BCUT2D eigenvalue weighted by atomic mass is 9.96. The molecule has 0 nitrogen and oxygen atoms in total. The molecule has 0 bridgehead atoms. The number of hydrogen-bond donors (Lipinski definition) is 0. The molecule has 0 saturated carbocycles. The standard InChI is InChI=1S/C16H20.CH4/c1-11(2)13-5-7-16-10-14(12(3)4)6-8-15(16)9-13;/h5-12H,1-4H3;1H4. The van der Waals surface area contributed by atoms with Gasteiger partial charge >= 0.3 is 0 Å². The Labute approximate surface area is 106 Å². The second-order valence-corrected chi connectivity index (χ2v) is 5.18. The molecule has 0 spiro atoms. The van der Waals surface area contributed by atoms with Gasteiger partial charge in [-0.15, -0.1) is 0 Å². The maximum absolute atomic E-state index is 2.31. The first-order valence-electron chi connectivity index (χ1n) is 6.11. The van der Waals surface area contributed by atoms with Crippen LogP contribution in [0.2, 0.25) is 0 Å². The first-order chi connectivity index (χ1) is 7.58. The van der Waals surface area contributed by atoms with E-state index >= 15 is 0 Å². The van der Waals surface area contributed by atoms with Crippen LogP contribution in [0.15, 0.2) is 36.4 Å². The molecule has 92 valence electrons. The quantitative estimate of drug-likeness (QED) is 0.616. The average molecular weight is 228 g/mol. The van der Waals surface area contributed by atoms with Crippen LogP contribution in [0, 0.1) is 0 Å². The van der Waals surface area contributed by atoms with Gasteiger partial charge in [-0.05, 0) is 33.7 Å². The number of rotatable bonds is 2. The molecular formula is C17H24. The van der Waals surface area contributed by atoms with Crippen LogP contribution in [0.5, 0.6) is 0 Å². The first kappa shape index (κ1) is 13.8. The van der Waals surface area contributed by atoms with E-state index in [1.165, 1.54) is 21.9 Å². The van der Waals surface area contributed by atoms with Crippen molar-refractivity contribution in [2.75, 3.05) is 0 Å². The molecule has 0 heteroatoms. The normalized spacial score (nSPS) is 10.9. The molecule has 0 amide bonds. The van der Waals surface area contributed by atoms with E-state index in [0.29, 0.717) is 11.8 Å². The summed E-state index contributed by atoms with van der Waals surface area (Å²) in [6.07, 6.45) is 0. The predicted molar refractivity (Wildman–Crippen MR) is 78.9 cm³/mol. The molecule has 0 aliphatic heterocycles. The summed E-state index contributed by atoms with van der Waals surface area (Å²) in [7, 11) is 0. The Balaban J connectivity index is 0.00000144. The van der Waals surface area contributed by atoms with Gasteiger partial charge in [0.15, 0.2) is 0 Å². The van der Waals surface area contributed by atoms with Crippen molar-refractivity contribution in [3.05, 3.63) is 47.5 Å². The minimum absolute atomic E-state index is 0. The fourth-order valence-corrected chi connectivity index (χ4v) is 2.00. The summed E-state index contributed by atoms with van der Waals surface area (Å²) in [4.78, 5) is 0. The third-order valence-electron chi connectivity index (χ3n) is 3.22. The third kappa shape index (κ3) is 2.88. The van der Waals surface area contributed by atoms with E-state index in [0.717, 1.165) is 0 Å². The van der Waals surface area contributed by atoms with Crippen LogP contribution < -0.4 is 0 Å². The van der Waals surface area contributed by atoms with Crippen LogP contribution in [0.1, 0.15) is 58.1 Å². The average Bonchev–Trinajstić information content (AvgIpc) is 2.27. The number of benzene rings is 2. The molecule has 0 saturated heterocycles. The van der Waals surface area contributed by atoms with Gasteiger partial charge < -0.3 is 0 Å². The van der Waals surface area contributed by atoms with Crippen LogP contribution >= 0.6 is 0 Å². The monoisotopic (exact) mass is 228 g/mol. The number of fused-ring (bicyclic) bond motifs is 1. The van der Waals surface area contributed by atoms with Crippen LogP contribution in [-0.4, -0.2) is 0 Å². The smallest absolute Gasteiger partial charge is 0.0181 e. The van der Waals surface area contributed by atoms with Gasteiger partial charge in [0.1, 0.15) is 0 Å². The van der Waals surface area contributed by atoms with Crippen LogP contribution in [0.25, 0.3) is 10.8 Å². The lowest BCUT2D eigenvalue weighted by molar-refractivity contribution is 0.865. The molecule has 2 aromatic carbocycles. The molecule has 0 fully saturated rings. The highest BCUT2D eigenvalue weighted by Crippen LogP contribution is 2.24. The molecule has 2 aromatic rings. The molecular weight excluding hydrogens is 204 g/mol. The Morgan fingerprint density at radius 1 is 0.647 bits per heavy atom. The lowest BCUT2D eigenvalue weighted by Crippen LogP contribution is -1.89. The van der Waals surface area contributed by atoms with Crippen molar-refractivity contribution in [2.24, 2.45) is 0 Å². The topological polar surface area (TPSA) is 0 Å². The van der Waals surface area contributed by atoms with E-state index in [-0.39, 0.29) is 7.43 Å². The summed E-state index contributed by atoms with van der Waals surface area (Å²) < 4.78 is 0. The minimum Gasteiger partial charge on any atom is -0.0776 e. The van der Waals surface area contributed by atoms with Crippen molar-refractivity contribution in [3.8, 4) is 0 Å². The van der Waals surface area contributed by atoms with E-state index in [2.05, 4.69) is 64.1 Å². The van der Waals surface area contributed by atoms with Gasteiger partial charge in [0, 0.05) is 0 Å². The molecule has 17 heavy (non-hydrogen) atoms. The second-order valence-electron chi connectivity index (χ2n) is 5.18. The summed E-state index contributed by atoms with van der Waals surface area (Å²) in [6.45, 7) is 8.96. The highest BCUT2D eigenvalue weighted by molar-refractivity contribution is 5.84. The molecule has 0 radical (unpaired) electrons. The number of hydrogen-bond acceptors (Lipinski definition) is 0. The largest absolute Gasteiger partial charge is 0.0776 e. The Bertz CT molecular complexity index is 445. The Morgan fingerprint density at radius 2 is 1.00 bits per heavy atom. The van der Waals surface area contributed by atoms with Crippen LogP contribution in [0.4, 0.5) is 0 Å². The van der Waals surface area contributed by atoms with E-state index in [9.17, 15) is 0 Å². The third-order valence-corrected chi connectivity index (χ3v) is 3.22. The molecule has 0 atom stereocenters. The zero-order chi connectivity index (χ0) is 11.7. The molecule has 0 N–H and O–H groups in total. The van der Waals surface area contributed by atoms with Crippen molar-refractivity contribution in [3.63, 3.8) is 0 Å². The van der Waals surface area contributed by atoms with Gasteiger partial charge in [-0.1, -0.05) is 71.5 Å². The van der Waals surface area contributed by atoms with E-state index in [1.54, 1.807) is 0 Å². The maximum atomic E-state index is 2.31. The van der Waals surface area contributed by atoms with Gasteiger partial charge in [-0.3, -0.25) is 0 Å². The van der Waals surface area contributed by atoms with Crippen molar-refractivity contribution >= 4 is 10.8 Å². The fraction of sp³-hybridized carbons (Fsp3) is 0.412. The summed E-state index contributed by atoms with van der Waals surface area (Å²) >= 11 is 0. The van der Waals surface area contributed by atoms with Gasteiger partial charge in [0.25, 0.3) is 0 Å². The highest BCUT2D eigenvalue weighted by Gasteiger charge is 2.03. The summed E-state index contributed by atoms with van der Waals surface area (Å²) in [5.74, 6) is 1.21. The second kappa shape index (κ2) is 5.35. The molecule has 0 aliphatic carbocycles. The van der Waals surface area contributed by atoms with Gasteiger partial charge in [-0.2, -0.15) is 0 Å². The van der Waals surface area contributed by atoms with Crippen molar-refractivity contribution < 1.29 is 0 Å². The van der Waals surface area contributed by atoms with E-state index in [4.69, 9.17) is 0 Å². The Hall–Kier alpha value is -1.30. The molecule has 0 heterocycles. The van der Waals surface area contributed by atoms with Crippen molar-refractivity contribution in [1.82, 2.24) is 0 Å². The Kier molecular flexibility index (Phi) is 4.34. The first-order valence-corrected chi connectivity index (χ1v) is 6.11. The van der Waals surface area contributed by atoms with Gasteiger partial charge in [0.05, 0.1) is 0 Å². The molecule has 0 aliphatic rings. The van der Waals surface area contributed by atoms with Gasteiger partial charge in [0.2, 0.25) is 0 Å². The SMILES string of the molecule is C.CC(C)c1ccc2cc(C(C)C)ccc2c1.